The Hall–Kier alpha value is -2.74. The van der Waals surface area contributed by atoms with Gasteiger partial charge < -0.3 is 19.4 Å². The lowest BCUT2D eigenvalue weighted by Gasteiger charge is -2.31. The van der Waals surface area contributed by atoms with Crippen molar-refractivity contribution >= 4 is 28.7 Å². The predicted octanol–water partition coefficient (Wildman–Crippen LogP) is 3.60. The summed E-state index contributed by atoms with van der Waals surface area (Å²) in [6.45, 7) is 10.2. The van der Waals surface area contributed by atoms with E-state index in [1.165, 1.54) is 0 Å². The summed E-state index contributed by atoms with van der Waals surface area (Å²) < 4.78 is 11.0. The smallest absolute Gasteiger partial charge is 0.266 e. The number of hydrogen-bond acceptors (Lipinski definition) is 6. The van der Waals surface area contributed by atoms with Crippen LogP contribution in [0.15, 0.2) is 28.7 Å². The standard InChI is InChI=1S/C25H35N3O5/c1-5-8-19(22(30)24-27-18-9-6-7-10-20(18)33-24)26-23(31)17(16-25(2,3)4)15-21(29)28-11-13-32-14-12-28/h6-7,9-10,17,19H,5,8,11-16H2,1-4H3,(H,26,31)/t17-,19-/m1/s1. The summed E-state index contributed by atoms with van der Waals surface area (Å²) in [5.41, 5.74) is 0.978. The number of aromatic nitrogens is 1. The first-order chi connectivity index (χ1) is 15.7. The Balaban J connectivity index is 1.74. The van der Waals surface area contributed by atoms with E-state index in [0.717, 1.165) is 0 Å². The van der Waals surface area contributed by atoms with Crippen molar-refractivity contribution in [2.75, 3.05) is 26.3 Å². The average Bonchev–Trinajstić information content (AvgIpc) is 3.21. The fourth-order valence-corrected chi connectivity index (χ4v) is 4.12. The molecule has 1 aromatic carbocycles. The molecule has 0 bridgehead atoms. The van der Waals surface area contributed by atoms with Crippen molar-refractivity contribution in [2.45, 2.75) is 59.4 Å². The van der Waals surface area contributed by atoms with Gasteiger partial charge in [0.1, 0.15) is 5.52 Å². The Morgan fingerprint density at radius 2 is 1.85 bits per heavy atom. The number of nitrogens with zero attached hydrogens (tertiary/aromatic N) is 2. The van der Waals surface area contributed by atoms with Gasteiger partial charge in [-0.05, 0) is 30.4 Å². The van der Waals surface area contributed by atoms with E-state index < -0.39 is 12.0 Å². The molecule has 2 aromatic rings. The van der Waals surface area contributed by atoms with E-state index in [1.807, 2.05) is 39.8 Å². The minimum Gasteiger partial charge on any atom is -0.434 e. The van der Waals surface area contributed by atoms with E-state index in [-0.39, 0.29) is 35.3 Å². The van der Waals surface area contributed by atoms with Gasteiger partial charge in [0.15, 0.2) is 5.58 Å². The summed E-state index contributed by atoms with van der Waals surface area (Å²) in [7, 11) is 0. The number of morpholine rings is 1. The number of hydrogen-bond donors (Lipinski definition) is 1. The second kappa shape index (κ2) is 10.9. The van der Waals surface area contributed by atoms with E-state index in [2.05, 4.69) is 10.3 Å². The lowest BCUT2D eigenvalue weighted by molar-refractivity contribution is -0.140. The third-order valence-corrected chi connectivity index (χ3v) is 5.73. The number of carbonyl (C=O) groups is 3. The normalized spacial score (nSPS) is 16.4. The van der Waals surface area contributed by atoms with E-state index >= 15 is 0 Å². The van der Waals surface area contributed by atoms with Crippen molar-refractivity contribution < 1.29 is 23.5 Å². The van der Waals surface area contributed by atoms with Crippen LogP contribution in [0, 0.1) is 11.3 Å². The Morgan fingerprint density at radius 1 is 1.15 bits per heavy atom. The molecule has 33 heavy (non-hydrogen) atoms. The molecule has 3 rings (SSSR count). The first kappa shape index (κ1) is 24.9. The van der Waals surface area contributed by atoms with Crippen molar-refractivity contribution in [3.8, 4) is 0 Å². The van der Waals surface area contributed by atoms with Gasteiger partial charge in [-0.15, -0.1) is 0 Å². The number of ether oxygens (including phenoxy) is 1. The monoisotopic (exact) mass is 457 g/mol. The molecule has 8 heteroatoms. The minimum atomic E-state index is -0.753. The molecule has 2 heterocycles. The van der Waals surface area contributed by atoms with Crippen LogP contribution in [0.25, 0.3) is 11.1 Å². The van der Waals surface area contributed by atoms with Crippen LogP contribution < -0.4 is 5.32 Å². The number of amides is 2. The lowest BCUT2D eigenvalue weighted by atomic mass is 9.82. The van der Waals surface area contributed by atoms with Crippen LogP contribution in [0.2, 0.25) is 0 Å². The van der Waals surface area contributed by atoms with Crippen LogP contribution in [0.4, 0.5) is 0 Å². The maximum atomic E-state index is 13.3. The second-order valence-electron chi connectivity index (χ2n) is 9.86. The molecule has 2 amide bonds. The number of ketones is 1. The Morgan fingerprint density at radius 3 is 2.48 bits per heavy atom. The fraction of sp³-hybridized carbons (Fsp3) is 0.600. The van der Waals surface area contributed by atoms with Crippen LogP contribution >= 0.6 is 0 Å². The van der Waals surface area contributed by atoms with Gasteiger partial charge in [-0.2, -0.15) is 0 Å². The van der Waals surface area contributed by atoms with Crippen LogP contribution in [0.3, 0.4) is 0 Å². The molecular weight excluding hydrogens is 422 g/mol. The molecule has 0 radical (unpaired) electrons. The van der Waals surface area contributed by atoms with Crippen LogP contribution in [-0.2, 0) is 14.3 Å². The maximum absolute atomic E-state index is 13.3. The first-order valence-electron chi connectivity index (χ1n) is 11.7. The van der Waals surface area contributed by atoms with Crippen molar-refractivity contribution in [1.82, 2.24) is 15.2 Å². The Bertz CT molecular complexity index is 939. The summed E-state index contributed by atoms with van der Waals surface area (Å²) in [5, 5.41) is 2.91. The zero-order chi connectivity index (χ0) is 24.0. The number of fused-ring (bicyclic) bond motifs is 1. The number of oxazole rings is 1. The highest BCUT2D eigenvalue weighted by Crippen LogP contribution is 2.28. The van der Waals surface area contributed by atoms with Gasteiger partial charge in [0.2, 0.25) is 17.6 Å². The molecule has 0 spiro atoms. The SMILES string of the molecule is CCC[C@@H](NC(=O)[C@H](CC(=O)N1CCOCC1)CC(C)(C)C)C(=O)c1nc2ccccc2o1. The highest BCUT2D eigenvalue weighted by molar-refractivity contribution is 6.00. The van der Waals surface area contributed by atoms with Crippen molar-refractivity contribution in [3.05, 3.63) is 30.2 Å². The van der Waals surface area contributed by atoms with Crippen molar-refractivity contribution in [1.29, 1.82) is 0 Å². The molecule has 0 aliphatic carbocycles. The van der Waals surface area contributed by atoms with Crippen molar-refractivity contribution in [3.63, 3.8) is 0 Å². The van der Waals surface area contributed by atoms with E-state index in [0.29, 0.717) is 56.7 Å². The maximum Gasteiger partial charge on any atom is 0.266 e. The topological polar surface area (TPSA) is 102 Å². The summed E-state index contributed by atoms with van der Waals surface area (Å²) in [6, 6.07) is 6.42. The summed E-state index contributed by atoms with van der Waals surface area (Å²) in [5.74, 6) is -1.23. The van der Waals surface area contributed by atoms with E-state index in [9.17, 15) is 14.4 Å². The molecular formula is C25H35N3O5. The van der Waals surface area contributed by atoms with Gasteiger partial charge in [-0.25, -0.2) is 4.98 Å². The zero-order valence-corrected chi connectivity index (χ0v) is 20.1. The molecule has 0 unspecified atom stereocenters. The quantitative estimate of drug-likeness (QED) is 0.578. The molecule has 8 nitrogen and oxygen atoms in total. The lowest BCUT2D eigenvalue weighted by Crippen LogP contribution is -2.47. The van der Waals surface area contributed by atoms with Gasteiger partial charge >= 0.3 is 0 Å². The highest BCUT2D eigenvalue weighted by atomic mass is 16.5. The second-order valence-corrected chi connectivity index (χ2v) is 9.86. The number of nitrogens with one attached hydrogen (secondary N) is 1. The van der Waals surface area contributed by atoms with Crippen LogP contribution in [0.1, 0.15) is 64.1 Å². The Labute approximate surface area is 195 Å². The van der Waals surface area contributed by atoms with Gasteiger partial charge in [0.05, 0.1) is 19.3 Å². The number of para-hydroxylation sites is 2. The van der Waals surface area contributed by atoms with Gasteiger partial charge in [0, 0.05) is 25.4 Å². The first-order valence-corrected chi connectivity index (χ1v) is 11.7. The predicted molar refractivity (Wildman–Crippen MR) is 125 cm³/mol. The average molecular weight is 458 g/mol. The molecule has 180 valence electrons. The third kappa shape index (κ3) is 6.87. The molecule has 1 N–H and O–H groups in total. The molecule has 2 atom stereocenters. The molecule has 1 aliphatic rings. The summed E-state index contributed by atoms with van der Waals surface area (Å²) in [6.07, 6.45) is 1.81. The highest BCUT2D eigenvalue weighted by Gasteiger charge is 2.33. The van der Waals surface area contributed by atoms with Crippen LogP contribution in [0.5, 0.6) is 0 Å². The third-order valence-electron chi connectivity index (χ3n) is 5.73. The number of Topliss-reactive ketones (excluding diaryl/α,β-unsaturated/α-hetero) is 1. The minimum absolute atomic E-state index is 0.00767. The number of benzene rings is 1. The molecule has 1 saturated heterocycles. The summed E-state index contributed by atoms with van der Waals surface area (Å²) >= 11 is 0. The largest absolute Gasteiger partial charge is 0.434 e. The number of rotatable bonds is 9. The van der Waals surface area contributed by atoms with Gasteiger partial charge in [-0.3, -0.25) is 14.4 Å². The Kier molecular flexibility index (Phi) is 8.24. The van der Waals surface area contributed by atoms with E-state index in [1.54, 1.807) is 17.0 Å². The number of carbonyl (C=O) groups excluding carboxylic acids is 3. The van der Waals surface area contributed by atoms with Gasteiger partial charge in [-0.1, -0.05) is 46.2 Å². The fourth-order valence-electron chi connectivity index (χ4n) is 4.12. The molecule has 0 saturated carbocycles. The summed E-state index contributed by atoms with van der Waals surface area (Å²) in [4.78, 5) is 45.4. The molecule has 1 fully saturated rings. The van der Waals surface area contributed by atoms with E-state index in [4.69, 9.17) is 9.15 Å². The van der Waals surface area contributed by atoms with Crippen LogP contribution in [-0.4, -0.2) is 59.8 Å². The van der Waals surface area contributed by atoms with Gasteiger partial charge in [0.25, 0.3) is 5.89 Å². The molecule has 1 aromatic heterocycles. The zero-order valence-electron chi connectivity index (χ0n) is 20.1. The van der Waals surface area contributed by atoms with Crippen molar-refractivity contribution in [2.24, 2.45) is 11.3 Å². The molecule has 1 aliphatic heterocycles.